The average molecular weight is 260 g/mol. The van der Waals surface area contributed by atoms with Crippen molar-refractivity contribution in [3.05, 3.63) is 29.9 Å². The van der Waals surface area contributed by atoms with Gasteiger partial charge in [-0.2, -0.15) is 0 Å². The van der Waals surface area contributed by atoms with Gasteiger partial charge >= 0.3 is 0 Å². The molecule has 0 bridgehead atoms. The maximum absolute atomic E-state index is 5.63. The second kappa shape index (κ2) is 6.43. The van der Waals surface area contributed by atoms with Crippen LogP contribution in [0, 0.1) is 6.92 Å². The van der Waals surface area contributed by atoms with Gasteiger partial charge in [0.2, 0.25) is 11.8 Å². The second-order valence-electron chi connectivity index (χ2n) is 4.90. The van der Waals surface area contributed by atoms with E-state index in [0.717, 1.165) is 30.6 Å². The van der Waals surface area contributed by atoms with Gasteiger partial charge in [0, 0.05) is 24.4 Å². The lowest BCUT2D eigenvalue weighted by molar-refractivity contribution is 0.484. The number of pyridine rings is 1. The third kappa shape index (κ3) is 4.13. The number of hydrogen-bond donors (Lipinski definition) is 1. The SMILES string of the molecule is Cc1ccc(-c2nnc(CCCNC(C)C)o2)cn1. The molecular weight excluding hydrogens is 240 g/mol. The van der Waals surface area contributed by atoms with Crippen molar-refractivity contribution in [2.75, 3.05) is 6.54 Å². The number of aryl methyl sites for hydroxylation is 2. The van der Waals surface area contributed by atoms with E-state index < -0.39 is 0 Å². The lowest BCUT2D eigenvalue weighted by Gasteiger charge is -2.05. The Bertz CT molecular complexity index is 504. The highest BCUT2D eigenvalue weighted by atomic mass is 16.4. The Kier molecular flexibility index (Phi) is 4.63. The first-order valence-electron chi connectivity index (χ1n) is 6.64. The van der Waals surface area contributed by atoms with Crippen LogP contribution in [0.3, 0.4) is 0 Å². The summed E-state index contributed by atoms with van der Waals surface area (Å²) in [5.41, 5.74) is 1.84. The summed E-state index contributed by atoms with van der Waals surface area (Å²) in [6.45, 7) is 7.18. The Balaban J connectivity index is 1.90. The monoisotopic (exact) mass is 260 g/mol. The minimum absolute atomic E-state index is 0.511. The van der Waals surface area contributed by atoms with E-state index in [9.17, 15) is 0 Å². The van der Waals surface area contributed by atoms with E-state index in [-0.39, 0.29) is 0 Å². The van der Waals surface area contributed by atoms with Crippen molar-refractivity contribution in [3.8, 4) is 11.5 Å². The molecule has 0 aromatic carbocycles. The first kappa shape index (κ1) is 13.7. The number of nitrogens with zero attached hydrogens (tertiary/aromatic N) is 3. The molecule has 2 heterocycles. The van der Waals surface area contributed by atoms with Crippen molar-refractivity contribution in [3.63, 3.8) is 0 Å². The van der Waals surface area contributed by atoms with E-state index in [0.29, 0.717) is 17.8 Å². The predicted octanol–water partition coefficient (Wildman–Crippen LogP) is 2.37. The van der Waals surface area contributed by atoms with Crippen molar-refractivity contribution >= 4 is 0 Å². The highest BCUT2D eigenvalue weighted by Gasteiger charge is 2.08. The lowest BCUT2D eigenvalue weighted by Crippen LogP contribution is -2.23. The Morgan fingerprint density at radius 1 is 1.26 bits per heavy atom. The molecule has 2 aromatic rings. The fraction of sp³-hybridized carbons (Fsp3) is 0.500. The quantitative estimate of drug-likeness (QED) is 0.808. The summed E-state index contributed by atoms with van der Waals surface area (Å²) in [5.74, 6) is 1.22. The molecule has 102 valence electrons. The van der Waals surface area contributed by atoms with Crippen LogP contribution in [0.25, 0.3) is 11.5 Å². The molecule has 0 unspecified atom stereocenters. The third-order valence-electron chi connectivity index (χ3n) is 2.75. The molecule has 0 aliphatic carbocycles. The largest absolute Gasteiger partial charge is 0.421 e. The Morgan fingerprint density at radius 3 is 2.79 bits per heavy atom. The fourth-order valence-corrected chi connectivity index (χ4v) is 1.70. The molecule has 0 atom stereocenters. The average Bonchev–Trinajstić information content (AvgIpc) is 2.84. The number of rotatable bonds is 6. The summed E-state index contributed by atoms with van der Waals surface area (Å²) in [6.07, 6.45) is 3.55. The zero-order valence-corrected chi connectivity index (χ0v) is 11.7. The van der Waals surface area contributed by atoms with E-state index in [2.05, 4.69) is 34.3 Å². The number of nitrogens with one attached hydrogen (secondary N) is 1. The molecule has 19 heavy (non-hydrogen) atoms. The maximum atomic E-state index is 5.63. The van der Waals surface area contributed by atoms with Crippen LogP contribution in [0.5, 0.6) is 0 Å². The van der Waals surface area contributed by atoms with Crippen LogP contribution in [0.4, 0.5) is 0 Å². The zero-order chi connectivity index (χ0) is 13.7. The van der Waals surface area contributed by atoms with Crippen LogP contribution in [0.1, 0.15) is 31.9 Å². The summed E-state index contributed by atoms with van der Waals surface area (Å²) in [6, 6.07) is 4.39. The van der Waals surface area contributed by atoms with Gasteiger partial charge in [-0.1, -0.05) is 13.8 Å². The van der Waals surface area contributed by atoms with Crippen molar-refractivity contribution < 1.29 is 4.42 Å². The van der Waals surface area contributed by atoms with Crippen LogP contribution < -0.4 is 5.32 Å². The molecule has 0 spiro atoms. The van der Waals surface area contributed by atoms with Gasteiger partial charge < -0.3 is 9.73 Å². The standard InChI is InChI=1S/C14H20N4O/c1-10(2)15-8-4-5-13-17-18-14(19-13)12-7-6-11(3)16-9-12/h6-7,9-10,15H,4-5,8H2,1-3H3. The Morgan fingerprint density at radius 2 is 2.11 bits per heavy atom. The minimum atomic E-state index is 0.511. The van der Waals surface area contributed by atoms with Crippen LogP contribution in [0.2, 0.25) is 0 Å². The molecule has 0 radical (unpaired) electrons. The van der Waals surface area contributed by atoms with E-state index in [1.54, 1.807) is 6.20 Å². The lowest BCUT2D eigenvalue weighted by atomic mass is 10.2. The van der Waals surface area contributed by atoms with Crippen LogP contribution in [-0.2, 0) is 6.42 Å². The van der Waals surface area contributed by atoms with Gasteiger partial charge in [0.05, 0.1) is 5.56 Å². The highest BCUT2D eigenvalue weighted by Crippen LogP contribution is 2.17. The molecule has 0 fully saturated rings. The molecule has 5 nitrogen and oxygen atoms in total. The summed E-state index contributed by atoms with van der Waals surface area (Å²) < 4.78 is 5.63. The van der Waals surface area contributed by atoms with Crippen LogP contribution in [0.15, 0.2) is 22.7 Å². The van der Waals surface area contributed by atoms with E-state index in [4.69, 9.17) is 4.42 Å². The van der Waals surface area contributed by atoms with Crippen LogP contribution in [-0.4, -0.2) is 27.8 Å². The summed E-state index contributed by atoms with van der Waals surface area (Å²) >= 11 is 0. The number of hydrogen-bond acceptors (Lipinski definition) is 5. The number of aromatic nitrogens is 3. The first-order chi connectivity index (χ1) is 9.15. The third-order valence-corrected chi connectivity index (χ3v) is 2.75. The smallest absolute Gasteiger partial charge is 0.249 e. The summed E-state index contributed by atoms with van der Waals surface area (Å²) in [7, 11) is 0. The predicted molar refractivity (Wildman–Crippen MR) is 73.7 cm³/mol. The fourth-order valence-electron chi connectivity index (χ4n) is 1.70. The van der Waals surface area contributed by atoms with Gasteiger partial charge in [-0.05, 0) is 32.0 Å². The molecular formula is C14H20N4O. The van der Waals surface area contributed by atoms with Gasteiger partial charge in [-0.25, -0.2) is 0 Å². The molecule has 5 heteroatoms. The molecule has 1 N–H and O–H groups in total. The Labute approximate surface area is 113 Å². The van der Waals surface area contributed by atoms with Crippen molar-refractivity contribution in [2.24, 2.45) is 0 Å². The molecule has 0 aliphatic rings. The van der Waals surface area contributed by atoms with Crippen molar-refractivity contribution in [2.45, 2.75) is 39.7 Å². The van der Waals surface area contributed by atoms with E-state index >= 15 is 0 Å². The molecule has 0 saturated carbocycles. The van der Waals surface area contributed by atoms with Crippen molar-refractivity contribution in [1.82, 2.24) is 20.5 Å². The molecule has 0 aliphatic heterocycles. The topological polar surface area (TPSA) is 63.8 Å². The van der Waals surface area contributed by atoms with Crippen LogP contribution >= 0.6 is 0 Å². The van der Waals surface area contributed by atoms with Gasteiger partial charge in [-0.3, -0.25) is 4.98 Å². The van der Waals surface area contributed by atoms with Gasteiger partial charge in [0.25, 0.3) is 0 Å². The van der Waals surface area contributed by atoms with Gasteiger partial charge in [-0.15, -0.1) is 10.2 Å². The molecule has 0 amide bonds. The summed E-state index contributed by atoms with van der Waals surface area (Å²) in [5, 5.41) is 11.5. The zero-order valence-electron chi connectivity index (χ0n) is 11.7. The van der Waals surface area contributed by atoms with E-state index in [1.807, 2.05) is 19.1 Å². The van der Waals surface area contributed by atoms with E-state index in [1.165, 1.54) is 0 Å². The molecule has 2 aromatic heterocycles. The minimum Gasteiger partial charge on any atom is -0.421 e. The second-order valence-corrected chi connectivity index (χ2v) is 4.90. The molecule has 2 rings (SSSR count). The molecule has 0 saturated heterocycles. The van der Waals surface area contributed by atoms with Gasteiger partial charge in [0.15, 0.2) is 0 Å². The highest BCUT2D eigenvalue weighted by molar-refractivity contribution is 5.50. The normalized spacial score (nSPS) is 11.2. The Hall–Kier alpha value is -1.75. The maximum Gasteiger partial charge on any atom is 0.249 e. The summed E-state index contributed by atoms with van der Waals surface area (Å²) in [4.78, 5) is 4.22. The van der Waals surface area contributed by atoms with Crippen molar-refractivity contribution in [1.29, 1.82) is 0 Å². The van der Waals surface area contributed by atoms with Gasteiger partial charge in [0.1, 0.15) is 0 Å². The first-order valence-corrected chi connectivity index (χ1v) is 6.64.